The van der Waals surface area contributed by atoms with Gasteiger partial charge < -0.3 is 0 Å². The molecule has 1 aliphatic heterocycles. The number of hydrogen-bond acceptors (Lipinski definition) is 5. The number of carbonyl (C=O) groups is 1. The van der Waals surface area contributed by atoms with Gasteiger partial charge in [-0.25, -0.2) is 0 Å². The maximum atomic E-state index is 12.7. The monoisotopic (exact) mass is 355 g/mol. The van der Waals surface area contributed by atoms with Crippen molar-refractivity contribution in [2.24, 2.45) is 4.99 Å². The van der Waals surface area contributed by atoms with Gasteiger partial charge in [-0.3, -0.25) is 24.8 Å². The van der Waals surface area contributed by atoms with Gasteiger partial charge in [0.25, 0.3) is 11.6 Å². The molecule has 0 aliphatic carbocycles. The smallest absolute Gasteiger partial charge is 0.269 e. The third-order valence-corrected chi connectivity index (χ3v) is 4.91. The van der Waals surface area contributed by atoms with Crippen LogP contribution in [0.1, 0.15) is 21.5 Å². The van der Waals surface area contributed by atoms with Crippen LogP contribution in [0, 0.1) is 17.0 Å². The second-order valence-corrected chi connectivity index (χ2v) is 6.65. The molecule has 1 amide bonds. The summed E-state index contributed by atoms with van der Waals surface area (Å²) in [4.78, 5) is 29.0. The van der Waals surface area contributed by atoms with Crippen LogP contribution in [-0.4, -0.2) is 34.0 Å². The predicted molar refractivity (Wildman–Crippen MR) is 98.9 cm³/mol. The number of nitro groups is 1. The number of thioether (sulfide) groups is 1. The molecule has 0 aromatic heterocycles. The minimum Gasteiger partial charge on any atom is -0.286 e. The first-order chi connectivity index (χ1) is 12.0. The summed E-state index contributed by atoms with van der Waals surface area (Å²) < 4.78 is 0. The average Bonchev–Trinajstić information content (AvgIpc) is 3.08. The minimum atomic E-state index is -0.477. The third-order valence-electron chi connectivity index (χ3n) is 3.82. The third kappa shape index (κ3) is 4.06. The maximum absolute atomic E-state index is 12.7. The number of benzene rings is 2. The lowest BCUT2D eigenvalue weighted by atomic mass is 10.2. The van der Waals surface area contributed by atoms with Crippen molar-refractivity contribution in [1.29, 1.82) is 0 Å². The molecule has 0 unspecified atom stereocenters. The van der Waals surface area contributed by atoms with Gasteiger partial charge >= 0.3 is 0 Å². The molecule has 2 aromatic carbocycles. The molecule has 1 heterocycles. The number of nitro benzene ring substituents is 1. The van der Waals surface area contributed by atoms with E-state index in [2.05, 4.69) is 17.1 Å². The van der Waals surface area contributed by atoms with Gasteiger partial charge in [-0.15, -0.1) is 0 Å². The summed E-state index contributed by atoms with van der Waals surface area (Å²) in [5.74, 6) is 0.563. The molecule has 0 spiro atoms. The quantitative estimate of drug-likeness (QED) is 0.620. The number of amidine groups is 1. The summed E-state index contributed by atoms with van der Waals surface area (Å²) in [6.45, 7) is 3.16. The predicted octanol–water partition coefficient (Wildman–Crippen LogP) is 3.65. The molecule has 0 fully saturated rings. The first-order valence-corrected chi connectivity index (χ1v) is 8.82. The minimum absolute atomic E-state index is 0.0271. The highest BCUT2D eigenvalue weighted by Crippen LogP contribution is 2.22. The molecule has 7 heteroatoms. The van der Waals surface area contributed by atoms with Gasteiger partial charge in [0.05, 0.1) is 11.5 Å². The van der Waals surface area contributed by atoms with Crippen molar-refractivity contribution in [3.63, 3.8) is 0 Å². The van der Waals surface area contributed by atoms with E-state index in [1.54, 1.807) is 4.90 Å². The Hall–Kier alpha value is -2.67. The van der Waals surface area contributed by atoms with Crippen LogP contribution in [0.2, 0.25) is 0 Å². The Morgan fingerprint density at radius 1 is 1.28 bits per heavy atom. The topological polar surface area (TPSA) is 75.8 Å². The largest absolute Gasteiger partial charge is 0.286 e. The van der Waals surface area contributed by atoms with Gasteiger partial charge in [0.1, 0.15) is 0 Å². The second kappa shape index (κ2) is 7.48. The highest BCUT2D eigenvalue weighted by Gasteiger charge is 2.25. The lowest BCUT2D eigenvalue weighted by Gasteiger charge is -2.18. The molecule has 0 atom stereocenters. The molecular weight excluding hydrogens is 338 g/mol. The SMILES string of the molecule is Cc1cccc(CSC2=NCCN2C(=O)c2ccc([N+](=O)[O-])cc2)c1. The van der Waals surface area contributed by atoms with E-state index < -0.39 is 4.92 Å². The molecule has 0 radical (unpaired) electrons. The molecule has 0 bridgehead atoms. The van der Waals surface area contributed by atoms with Crippen LogP contribution in [0.5, 0.6) is 0 Å². The number of aryl methyl sites for hydroxylation is 1. The zero-order chi connectivity index (χ0) is 17.8. The molecule has 128 valence electrons. The van der Waals surface area contributed by atoms with Crippen LogP contribution in [0.4, 0.5) is 5.69 Å². The van der Waals surface area contributed by atoms with Crippen LogP contribution < -0.4 is 0 Å². The number of carbonyl (C=O) groups excluding carboxylic acids is 1. The van der Waals surface area contributed by atoms with Gasteiger partial charge in [0.2, 0.25) is 0 Å². The Morgan fingerprint density at radius 3 is 2.72 bits per heavy atom. The van der Waals surface area contributed by atoms with Gasteiger partial charge in [0.15, 0.2) is 5.17 Å². The van der Waals surface area contributed by atoms with Gasteiger partial charge in [0, 0.05) is 30.0 Å². The Morgan fingerprint density at radius 2 is 2.04 bits per heavy atom. The van der Waals surface area contributed by atoms with E-state index in [4.69, 9.17) is 0 Å². The average molecular weight is 355 g/mol. The first kappa shape index (κ1) is 17.2. The zero-order valence-electron chi connectivity index (χ0n) is 13.7. The van der Waals surface area contributed by atoms with Crippen LogP contribution >= 0.6 is 11.8 Å². The normalized spacial score (nSPS) is 13.6. The van der Waals surface area contributed by atoms with E-state index in [-0.39, 0.29) is 11.6 Å². The van der Waals surface area contributed by atoms with Crippen molar-refractivity contribution >= 4 is 28.5 Å². The summed E-state index contributed by atoms with van der Waals surface area (Å²) in [6, 6.07) is 13.9. The highest BCUT2D eigenvalue weighted by molar-refractivity contribution is 8.13. The Kier molecular flexibility index (Phi) is 5.14. The van der Waals surface area contributed by atoms with Crippen molar-refractivity contribution in [2.45, 2.75) is 12.7 Å². The van der Waals surface area contributed by atoms with Crippen LogP contribution in [0.25, 0.3) is 0 Å². The van der Waals surface area contributed by atoms with Gasteiger partial charge in [-0.2, -0.15) is 0 Å². The fourth-order valence-electron chi connectivity index (χ4n) is 2.57. The second-order valence-electron chi connectivity index (χ2n) is 5.70. The number of nitrogens with zero attached hydrogens (tertiary/aromatic N) is 3. The van der Waals surface area contributed by atoms with Gasteiger partial charge in [-0.05, 0) is 24.6 Å². The molecule has 0 saturated heterocycles. The standard InChI is InChI=1S/C18H17N3O3S/c1-13-3-2-4-14(11-13)12-25-18-19-9-10-20(18)17(22)15-5-7-16(8-6-15)21(23)24/h2-8,11H,9-10,12H2,1H3. The van der Waals surface area contributed by atoms with E-state index in [0.717, 1.165) is 5.75 Å². The van der Waals surface area contributed by atoms with E-state index >= 15 is 0 Å². The van der Waals surface area contributed by atoms with Crippen LogP contribution in [0.15, 0.2) is 53.5 Å². The summed E-state index contributed by atoms with van der Waals surface area (Å²) in [5, 5.41) is 11.4. The van der Waals surface area contributed by atoms with Crippen molar-refractivity contribution in [3.8, 4) is 0 Å². The van der Waals surface area contributed by atoms with E-state index in [1.807, 2.05) is 19.1 Å². The van der Waals surface area contributed by atoms with Crippen molar-refractivity contribution in [3.05, 3.63) is 75.3 Å². The molecular formula is C18H17N3O3S. The Labute approximate surface area is 149 Å². The Balaban J connectivity index is 1.68. The number of non-ortho nitro benzene ring substituents is 1. The molecule has 2 aromatic rings. The van der Waals surface area contributed by atoms with E-state index in [1.165, 1.54) is 47.2 Å². The first-order valence-electron chi connectivity index (χ1n) is 7.84. The van der Waals surface area contributed by atoms with Crippen LogP contribution in [-0.2, 0) is 5.75 Å². The summed E-state index contributed by atoms with van der Waals surface area (Å²) in [6.07, 6.45) is 0. The molecule has 0 saturated carbocycles. The maximum Gasteiger partial charge on any atom is 0.269 e. The summed E-state index contributed by atoms with van der Waals surface area (Å²) in [5.41, 5.74) is 2.78. The van der Waals surface area contributed by atoms with Crippen molar-refractivity contribution in [1.82, 2.24) is 4.90 Å². The van der Waals surface area contributed by atoms with Gasteiger partial charge in [-0.1, -0.05) is 41.6 Å². The molecule has 3 rings (SSSR count). The summed E-state index contributed by atoms with van der Waals surface area (Å²) >= 11 is 1.53. The molecule has 25 heavy (non-hydrogen) atoms. The van der Waals surface area contributed by atoms with E-state index in [9.17, 15) is 14.9 Å². The molecule has 6 nitrogen and oxygen atoms in total. The van der Waals surface area contributed by atoms with Crippen molar-refractivity contribution in [2.75, 3.05) is 13.1 Å². The van der Waals surface area contributed by atoms with Crippen LogP contribution in [0.3, 0.4) is 0 Å². The Bertz CT molecular complexity index is 834. The number of amides is 1. The van der Waals surface area contributed by atoms with Crippen molar-refractivity contribution < 1.29 is 9.72 Å². The number of hydrogen-bond donors (Lipinski definition) is 0. The fourth-order valence-corrected chi connectivity index (χ4v) is 3.56. The van der Waals surface area contributed by atoms with E-state index in [0.29, 0.717) is 23.8 Å². The highest BCUT2D eigenvalue weighted by atomic mass is 32.2. The lowest BCUT2D eigenvalue weighted by molar-refractivity contribution is -0.384. The summed E-state index contributed by atoms with van der Waals surface area (Å²) in [7, 11) is 0. The number of rotatable bonds is 4. The molecule has 1 aliphatic rings. The molecule has 0 N–H and O–H groups in total. The lowest BCUT2D eigenvalue weighted by Crippen LogP contribution is -2.32. The fraction of sp³-hybridized carbons (Fsp3) is 0.222. The number of aliphatic imine (C=N–C) groups is 1. The zero-order valence-corrected chi connectivity index (χ0v) is 14.5.